The summed E-state index contributed by atoms with van der Waals surface area (Å²) in [6.45, 7) is 1.75. The summed E-state index contributed by atoms with van der Waals surface area (Å²) in [4.78, 5) is 23.9. The highest BCUT2D eigenvalue weighted by Crippen LogP contribution is 2.21. The smallest absolute Gasteiger partial charge is 0.189 e. The number of carbonyl (C=O) groups is 2. The van der Waals surface area contributed by atoms with Crippen molar-refractivity contribution in [1.82, 2.24) is 0 Å². The molecule has 112 valence electrons. The van der Waals surface area contributed by atoms with Gasteiger partial charge in [-0.05, 0) is 42.0 Å². The van der Waals surface area contributed by atoms with Gasteiger partial charge in [0.15, 0.2) is 11.6 Å². The Labute approximate surface area is 133 Å². The van der Waals surface area contributed by atoms with Crippen LogP contribution in [0.4, 0.5) is 0 Å². The fourth-order valence-corrected chi connectivity index (χ4v) is 2.07. The van der Waals surface area contributed by atoms with Crippen LogP contribution in [-0.2, 0) is 0 Å². The zero-order valence-electron chi connectivity index (χ0n) is 12.0. The maximum Gasteiger partial charge on any atom is 0.189 e. The normalized spacial score (nSPS) is 10.8. The van der Waals surface area contributed by atoms with Crippen molar-refractivity contribution in [2.24, 2.45) is 0 Å². The number of halogens is 1. The van der Waals surface area contributed by atoms with Crippen LogP contribution >= 0.6 is 11.6 Å². The fourth-order valence-electron chi connectivity index (χ4n) is 1.95. The van der Waals surface area contributed by atoms with Crippen LogP contribution in [0.15, 0.2) is 48.5 Å². The van der Waals surface area contributed by atoms with E-state index >= 15 is 0 Å². The second-order valence-corrected chi connectivity index (χ2v) is 5.19. The van der Waals surface area contributed by atoms with E-state index in [1.165, 1.54) is 24.3 Å². The van der Waals surface area contributed by atoms with E-state index in [2.05, 4.69) is 0 Å². The summed E-state index contributed by atoms with van der Waals surface area (Å²) < 4.78 is 0. The Morgan fingerprint density at radius 1 is 1.14 bits per heavy atom. The third kappa shape index (κ3) is 3.83. The number of ketones is 2. The first-order chi connectivity index (χ1) is 10.5. The van der Waals surface area contributed by atoms with Crippen LogP contribution in [0.5, 0.6) is 5.75 Å². The molecule has 0 fully saturated rings. The van der Waals surface area contributed by atoms with Crippen molar-refractivity contribution in [3.63, 3.8) is 0 Å². The van der Waals surface area contributed by atoms with Crippen LogP contribution in [0.3, 0.4) is 0 Å². The molecule has 0 aliphatic rings. The molecule has 0 aromatic heterocycles. The van der Waals surface area contributed by atoms with Gasteiger partial charge < -0.3 is 5.11 Å². The summed E-state index contributed by atoms with van der Waals surface area (Å²) >= 11 is 5.80. The van der Waals surface area contributed by atoms with Crippen LogP contribution in [-0.4, -0.2) is 16.7 Å². The standard InChI is InChI=1S/C18H15ClO3/c1-2-16(20)13-6-10-18(22)15(11-13)17(21)9-5-12-3-7-14(19)8-4-12/h3-11,22H,2H2,1H3. The Balaban J connectivity index is 2.25. The van der Waals surface area contributed by atoms with Gasteiger partial charge in [0.2, 0.25) is 0 Å². The van der Waals surface area contributed by atoms with Crippen molar-refractivity contribution in [2.75, 3.05) is 0 Å². The van der Waals surface area contributed by atoms with Gasteiger partial charge >= 0.3 is 0 Å². The summed E-state index contributed by atoms with van der Waals surface area (Å²) in [5, 5.41) is 10.4. The van der Waals surface area contributed by atoms with Crippen molar-refractivity contribution in [1.29, 1.82) is 0 Å². The van der Waals surface area contributed by atoms with Gasteiger partial charge in [0.05, 0.1) is 5.56 Å². The Morgan fingerprint density at radius 2 is 1.82 bits per heavy atom. The number of Topliss-reactive ketones (excluding diaryl/α,β-unsaturated/α-hetero) is 1. The lowest BCUT2D eigenvalue weighted by Crippen LogP contribution is -2.01. The lowest BCUT2D eigenvalue weighted by atomic mass is 10.0. The largest absolute Gasteiger partial charge is 0.507 e. The number of aromatic hydroxyl groups is 1. The van der Waals surface area contributed by atoms with Crippen molar-refractivity contribution in [3.8, 4) is 5.75 Å². The number of carbonyl (C=O) groups excluding carboxylic acids is 2. The second kappa shape index (κ2) is 7.05. The number of phenolic OH excluding ortho intramolecular Hbond substituents is 1. The zero-order valence-corrected chi connectivity index (χ0v) is 12.8. The SMILES string of the molecule is CCC(=O)c1ccc(O)c(C(=O)C=Cc2ccc(Cl)cc2)c1. The molecule has 2 aromatic carbocycles. The lowest BCUT2D eigenvalue weighted by molar-refractivity contribution is 0.0988. The van der Waals surface area contributed by atoms with Crippen LogP contribution in [0, 0.1) is 0 Å². The summed E-state index contributed by atoms with van der Waals surface area (Å²) in [6, 6.07) is 11.3. The molecule has 0 spiro atoms. The third-order valence-corrected chi connectivity index (χ3v) is 3.45. The monoisotopic (exact) mass is 314 g/mol. The van der Waals surface area contributed by atoms with Crippen molar-refractivity contribution >= 4 is 29.2 Å². The number of hydrogen-bond donors (Lipinski definition) is 1. The highest BCUT2D eigenvalue weighted by molar-refractivity contribution is 6.30. The second-order valence-electron chi connectivity index (χ2n) is 4.76. The topological polar surface area (TPSA) is 54.4 Å². The maximum atomic E-state index is 12.2. The van der Waals surface area contributed by atoms with E-state index in [0.717, 1.165) is 5.56 Å². The minimum Gasteiger partial charge on any atom is -0.507 e. The maximum absolute atomic E-state index is 12.2. The molecule has 0 aliphatic heterocycles. The number of hydrogen-bond acceptors (Lipinski definition) is 3. The molecule has 0 amide bonds. The number of benzene rings is 2. The van der Waals surface area contributed by atoms with Gasteiger partial charge in [-0.2, -0.15) is 0 Å². The molecule has 0 aliphatic carbocycles. The summed E-state index contributed by atoms with van der Waals surface area (Å²) in [6.07, 6.45) is 3.34. The van der Waals surface area contributed by atoms with Crippen LogP contribution < -0.4 is 0 Å². The van der Waals surface area contributed by atoms with Gasteiger partial charge in [0, 0.05) is 17.0 Å². The van der Waals surface area contributed by atoms with Crippen LogP contribution in [0.25, 0.3) is 6.08 Å². The summed E-state index contributed by atoms with van der Waals surface area (Å²) in [5.74, 6) is -0.577. The number of phenols is 1. The van der Waals surface area contributed by atoms with Crippen LogP contribution in [0.2, 0.25) is 5.02 Å². The van der Waals surface area contributed by atoms with Gasteiger partial charge in [-0.3, -0.25) is 9.59 Å². The summed E-state index contributed by atoms with van der Waals surface area (Å²) in [5.41, 5.74) is 1.35. The van der Waals surface area contributed by atoms with E-state index in [1.807, 2.05) is 0 Å². The highest BCUT2D eigenvalue weighted by atomic mass is 35.5. The minimum atomic E-state index is -0.363. The first kappa shape index (κ1) is 16.0. The third-order valence-electron chi connectivity index (χ3n) is 3.20. The Morgan fingerprint density at radius 3 is 2.45 bits per heavy atom. The fraction of sp³-hybridized carbons (Fsp3) is 0.111. The molecular formula is C18H15ClO3. The molecule has 0 radical (unpaired) electrons. The van der Waals surface area contributed by atoms with Gasteiger partial charge in [-0.1, -0.05) is 36.7 Å². The van der Waals surface area contributed by atoms with Crippen LogP contribution in [0.1, 0.15) is 39.6 Å². The van der Waals surface area contributed by atoms with Gasteiger partial charge in [0.1, 0.15) is 5.75 Å². The molecule has 2 rings (SSSR count). The average Bonchev–Trinajstić information content (AvgIpc) is 2.53. The molecule has 0 unspecified atom stereocenters. The molecule has 2 aromatic rings. The molecule has 0 saturated heterocycles. The molecular weight excluding hydrogens is 300 g/mol. The molecule has 0 saturated carbocycles. The van der Waals surface area contributed by atoms with E-state index in [-0.39, 0.29) is 22.9 Å². The summed E-state index contributed by atoms with van der Waals surface area (Å²) in [7, 11) is 0. The molecule has 1 N–H and O–H groups in total. The van der Waals surface area contributed by atoms with E-state index < -0.39 is 0 Å². The van der Waals surface area contributed by atoms with Crippen molar-refractivity contribution in [2.45, 2.75) is 13.3 Å². The van der Waals surface area contributed by atoms with Gasteiger partial charge in [0.25, 0.3) is 0 Å². The molecule has 22 heavy (non-hydrogen) atoms. The first-order valence-corrected chi connectivity index (χ1v) is 7.23. The highest BCUT2D eigenvalue weighted by Gasteiger charge is 2.12. The molecule has 0 bridgehead atoms. The molecule has 0 heterocycles. The molecule has 4 heteroatoms. The first-order valence-electron chi connectivity index (χ1n) is 6.85. The Hall–Kier alpha value is -2.39. The van der Waals surface area contributed by atoms with Gasteiger partial charge in [-0.15, -0.1) is 0 Å². The number of allylic oxidation sites excluding steroid dienone is 1. The van der Waals surface area contributed by atoms with E-state index in [4.69, 9.17) is 11.6 Å². The quantitative estimate of drug-likeness (QED) is 0.651. The lowest BCUT2D eigenvalue weighted by Gasteiger charge is -2.04. The van der Waals surface area contributed by atoms with E-state index in [1.54, 1.807) is 37.3 Å². The predicted molar refractivity (Wildman–Crippen MR) is 87.5 cm³/mol. The van der Waals surface area contributed by atoms with Gasteiger partial charge in [-0.25, -0.2) is 0 Å². The van der Waals surface area contributed by atoms with E-state index in [9.17, 15) is 14.7 Å². The average molecular weight is 315 g/mol. The van der Waals surface area contributed by atoms with E-state index in [0.29, 0.717) is 17.0 Å². The zero-order chi connectivity index (χ0) is 16.1. The Bertz CT molecular complexity index is 730. The van der Waals surface area contributed by atoms with Crippen molar-refractivity contribution in [3.05, 3.63) is 70.3 Å². The molecule has 0 atom stereocenters. The minimum absolute atomic E-state index is 0.0734. The predicted octanol–water partition coefficient (Wildman–Crippen LogP) is 4.53. The van der Waals surface area contributed by atoms with Crippen molar-refractivity contribution < 1.29 is 14.7 Å². The molecule has 3 nitrogen and oxygen atoms in total. The Kier molecular flexibility index (Phi) is 5.12. The number of rotatable bonds is 5.